The van der Waals surface area contributed by atoms with Gasteiger partial charge < -0.3 is 19.5 Å². The fourth-order valence-corrected chi connectivity index (χ4v) is 2.79. The van der Waals surface area contributed by atoms with Gasteiger partial charge in [-0.05, 0) is 25.0 Å². The summed E-state index contributed by atoms with van der Waals surface area (Å²) in [7, 11) is 3.54. The van der Waals surface area contributed by atoms with Crippen LogP contribution in [0.15, 0.2) is 18.3 Å². The van der Waals surface area contributed by atoms with Crippen LogP contribution in [0.5, 0.6) is 0 Å². The van der Waals surface area contributed by atoms with E-state index in [0.717, 1.165) is 32.5 Å². The summed E-state index contributed by atoms with van der Waals surface area (Å²) < 4.78 is 1.87. The lowest BCUT2D eigenvalue weighted by atomic mass is 10.0. The maximum atomic E-state index is 11.6. The average molecular weight is 293 g/mol. The molecule has 1 N–H and O–H groups in total. The summed E-state index contributed by atoms with van der Waals surface area (Å²) in [5.41, 5.74) is 0.358. The second-order valence-corrected chi connectivity index (χ2v) is 5.72. The van der Waals surface area contributed by atoms with Gasteiger partial charge in [-0.25, -0.2) is 4.79 Å². The second kappa shape index (κ2) is 6.76. The van der Waals surface area contributed by atoms with Gasteiger partial charge in [-0.15, -0.1) is 0 Å². The number of carbonyl (C=O) groups excluding carboxylic acids is 1. The van der Waals surface area contributed by atoms with E-state index in [4.69, 9.17) is 5.11 Å². The van der Waals surface area contributed by atoms with Crippen LogP contribution < -0.4 is 0 Å². The van der Waals surface area contributed by atoms with Crippen molar-refractivity contribution in [3.05, 3.63) is 24.0 Å². The van der Waals surface area contributed by atoms with Crippen molar-refractivity contribution >= 4 is 11.9 Å². The highest BCUT2D eigenvalue weighted by atomic mass is 16.4. The fourth-order valence-electron chi connectivity index (χ4n) is 2.79. The van der Waals surface area contributed by atoms with Gasteiger partial charge in [0.1, 0.15) is 5.69 Å². The maximum Gasteiger partial charge on any atom is 0.352 e. The monoisotopic (exact) mass is 293 g/mol. The summed E-state index contributed by atoms with van der Waals surface area (Å²) in [6.45, 7) is 2.59. The predicted octanol–water partition coefficient (Wildman–Crippen LogP) is 1.30. The van der Waals surface area contributed by atoms with Crippen molar-refractivity contribution in [3.8, 4) is 0 Å². The van der Waals surface area contributed by atoms with Gasteiger partial charge in [-0.3, -0.25) is 4.79 Å². The number of aromatic nitrogens is 1. The molecule has 1 aromatic rings. The molecular formula is C15H23N3O3. The van der Waals surface area contributed by atoms with Crippen molar-refractivity contribution in [1.29, 1.82) is 0 Å². The van der Waals surface area contributed by atoms with E-state index < -0.39 is 5.97 Å². The van der Waals surface area contributed by atoms with Crippen LogP contribution >= 0.6 is 0 Å². The minimum atomic E-state index is -0.876. The zero-order valence-corrected chi connectivity index (χ0v) is 12.7. The average Bonchev–Trinajstić information content (AvgIpc) is 2.94. The Balaban J connectivity index is 1.84. The molecule has 1 aliphatic rings. The molecule has 0 atom stereocenters. The molecule has 0 aliphatic carbocycles. The Morgan fingerprint density at radius 1 is 1.33 bits per heavy atom. The van der Waals surface area contributed by atoms with Crippen LogP contribution in [0.1, 0.15) is 35.8 Å². The predicted molar refractivity (Wildman–Crippen MR) is 79.4 cm³/mol. The fraction of sp³-hybridized carbons (Fsp3) is 0.600. The molecule has 0 unspecified atom stereocenters. The van der Waals surface area contributed by atoms with Gasteiger partial charge >= 0.3 is 5.97 Å². The smallest absolute Gasteiger partial charge is 0.352 e. The SMILES string of the molecule is CN(C)C(=O)CCN1CCC(n2cccc2C(=O)O)CC1. The van der Waals surface area contributed by atoms with E-state index in [1.807, 2.05) is 10.8 Å². The number of amides is 1. The topological polar surface area (TPSA) is 65.8 Å². The molecule has 1 amide bonds. The van der Waals surface area contributed by atoms with Crippen LogP contribution in [0, 0.1) is 0 Å². The number of hydrogen-bond acceptors (Lipinski definition) is 3. The molecule has 21 heavy (non-hydrogen) atoms. The van der Waals surface area contributed by atoms with Crippen LogP contribution in [-0.4, -0.2) is 65.1 Å². The third-order valence-electron chi connectivity index (χ3n) is 4.09. The quantitative estimate of drug-likeness (QED) is 0.888. The molecule has 1 fully saturated rings. The lowest BCUT2D eigenvalue weighted by molar-refractivity contribution is -0.129. The number of carboxylic acids is 1. The lowest BCUT2D eigenvalue weighted by Gasteiger charge is -2.33. The minimum absolute atomic E-state index is 0.149. The van der Waals surface area contributed by atoms with E-state index >= 15 is 0 Å². The van der Waals surface area contributed by atoms with Crippen molar-refractivity contribution in [2.24, 2.45) is 0 Å². The molecule has 0 radical (unpaired) electrons. The highest BCUT2D eigenvalue weighted by Gasteiger charge is 2.23. The molecule has 0 spiro atoms. The van der Waals surface area contributed by atoms with Crippen LogP contribution in [0.4, 0.5) is 0 Å². The van der Waals surface area contributed by atoms with Crippen LogP contribution in [0.3, 0.4) is 0 Å². The standard InChI is InChI=1S/C15H23N3O3/c1-16(2)14(19)7-11-17-9-5-12(6-10-17)18-8-3-4-13(18)15(20)21/h3-4,8,12H,5-7,9-11H2,1-2H3,(H,20,21). The highest BCUT2D eigenvalue weighted by Crippen LogP contribution is 2.24. The zero-order valence-electron chi connectivity index (χ0n) is 12.7. The highest BCUT2D eigenvalue weighted by molar-refractivity contribution is 5.85. The van der Waals surface area contributed by atoms with E-state index in [-0.39, 0.29) is 11.9 Å². The third kappa shape index (κ3) is 3.85. The van der Waals surface area contributed by atoms with Crippen molar-refractivity contribution in [2.45, 2.75) is 25.3 Å². The Morgan fingerprint density at radius 3 is 2.57 bits per heavy atom. The van der Waals surface area contributed by atoms with Crippen LogP contribution in [0.2, 0.25) is 0 Å². The molecule has 2 heterocycles. The van der Waals surface area contributed by atoms with Gasteiger partial charge in [0, 0.05) is 52.4 Å². The van der Waals surface area contributed by atoms with E-state index in [0.29, 0.717) is 12.1 Å². The number of nitrogens with zero attached hydrogens (tertiary/aromatic N) is 3. The number of rotatable bonds is 5. The lowest BCUT2D eigenvalue weighted by Crippen LogP contribution is -2.37. The Morgan fingerprint density at radius 2 is 2.00 bits per heavy atom. The number of aromatic carboxylic acids is 1. The number of carbonyl (C=O) groups is 2. The molecule has 0 saturated carbocycles. The number of piperidine rings is 1. The van der Waals surface area contributed by atoms with E-state index in [9.17, 15) is 9.59 Å². The molecule has 2 rings (SSSR count). The first-order chi connectivity index (χ1) is 9.99. The summed E-state index contributed by atoms with van der Waals surface area (Å²) >= 11 is 0. The second-order valence-electron chi connectivity index (χ2n) is 5.72. The molecular weight excluding hydrogens is 270 g/mol. The van der Waals surface area contributed by atoms with E-state index in [2.05, 4.69) is 4.90 Å². The first-order valence-corrected chi connectivity index (χ1v) is 7.31. The summed E-state index contributed by atoms with van der Waals surface area (Å²) in [5.74, 6) is -0.727. The normalized spacial score (nSPS) is 16.9. The third-order valence-corrected chi connectivity index (χ3v) is 4.09. The van der Waals surface area contributed by atoms with E-state index in [1.165, 1.54) is 0 Å². The zero-order chi connectivity index (χ0) is 15.4. The molecule has 0 aromatic carbocycles. The van der Waals surface area contributed by atoms with E-state index in [1.54, 1.807) is 31.1 Å². The van der Waals surface area contributed by atoms with Crippen molar-refractivity contribution in [2.75, 3.05) is 33.7 Å². The van der Waals surface area contributed by atoms with Crippen LogP contribution in [-0.2, 0) is 4.79 Å². The number of likely N-dealkylation sites (tertiary alicyclic amines) is 1. The van der Waals surface area contributed by atoms with Crippen molar-refractivity contribution in [1.82, 2.24) is 14.4 Å². The van der Waals surface area contributed by atoms with Crippen LogP contribution in [0.25, 0.3) is 0 Å². The molecule has 1 aliphatic heterocycles. The molecule has 1 aromatic heterocycles. The Labute approximate surface area is 124 Å². The largest absolute Gasteiger partial charge is 0.477 e. The minimum Gasteiger partial charge on any atom is -0.477 e. The van der Waals surface area contributed by atoms with Gasteiger partial charge in [0.2, 0.25) is 5.91 Å². The van der Waals surface area contributed by atoms with Gasteiger partial charge in [0.25, 0.3) is 0 Å². The van der Waals surface area contributed by atoms with Crippen molar-refractivity contribution < 1.29 is 14.7 Å². The van der Waals surface area contributed by atoms with Gasteiger partial charge in [-0.1, -0.05) is 0 Å². The van der Waals surface area contributed by atoms with Gasteiger partial charge in [0.05, 0.1) is 0 Å². The molecule has 1 saturated heterocycles. The summed E-state index contributed by atoms with van der Waals surface area (Å²) in [6, 6.07) is 3.67. The Kier molecular flexibility index (Phi) is 5.01. The van der Waals surface area contributed by atoms with Crippen molar-refractivity contribution in [3.63, 3.8) is 0 Å². The number of hydrogen-bond donors (Lipinski definition) is 1. The molecule has 116 valence electrons. The summed E-state index contributed by atoms with van der Waals surface area (Å²) in [5, 5.41) is 9.16. The van der Waals surface area contributed by atoms with Gasteiger partial charge in [0.15, 0.2) is 0 Å². The molecule has 6 nitrogen and oxygen atoms in total. The molecule has 6 heteroatoms. The first-order valence-electron chi connectivity index (χ1n) is 7.31. The Bertz CT molecular complexity index is 502. The summed E-state index contributed by atoms with van der Waals surface area (Å²) in [6.07, 6.45) is 4.23. The van der Waals surface area contributed by atoms with Gasteiger partial charge in [-0.2, -0.15) is 0 Å². The summed E-state index contributed by atoms with van der Waals surface area (Å²) in [4.78, 5) is 26.6. The molecule has 0 bridgehead atoms. The first kappa shape index (κ1) is 15.6. The maximum absolute atomic E-state index is 11.6. The Hall–Kier alpha value is -1.82. The number of carboxylic acid groups (broad SMARTS) is 1.